The fraction of sp³-hybridized carbons (Fsp3) is 0.286. The number of hydrogen-bond donors (Lipinski definition) is 2. The molecule has 0 atom stereocenters. The molecule has 1 heterocycles. The van der Waals surface area contributed by atoms with Crippen molar-refractivity contribution in [1.29, 1.82) is 0 Å². The van der Waals surface area contributed by atoms with Gasteiger partial charge in [-0.15, -0.1) is 0 Å². The van der Waals surface area contributed by atoms with Crippen LogP contribution in [-0.4, -0.2) is 15.2 Å². The van der Waals surface area contributed by atoms with Crippen LogP contribution in [0.5, 0.6) is 0 Å². The highest BCUT2D eigenvalue weighted by molar-refractivity contribution is 5.18. The lowest BCUT2D eigenvalue weighted by molar-refractivity contribution is 0.255. The highest BCUT2D eigenvalue weighted by Crippen LogP contribution is 2.07. The summed E-state index contributed by atoms with van der Waals surface area (Å²) in [5.74, 6) is -0.508. The van der Waals surface area contributed by atoms with Crippen LogP contribution in [0.1, 0.15) is 11.3 Å². The zero-order valence-corrected chi connectivity index (χ0v) is 5.79. The Morgan fingerprint density at radius 2 is 2.09 bits per heavy atom. The number of nitrogens with zero attached hydrogens (tertiary/aromatic N) is 1. The van der Waals surface area contributed by atoms with E-state index in [0.717, 1.165) is 12.3 Å². The molecule has 0 spiro atoms. The summed E-state index contributed by atoms with van der Waals surface area (Å²) in [6.45, 7) is -0.586. The fourth-order valence-corrected chi connectivity index (χ4v) is 0.789. The lowest BCUT2D eigenvalue weighted by atomic mass is 10.2. The van der Waals surface area contributed by atoms with E-state index in [1.165, 1.54) is 0 Å². The van der Waals surface area contributed by atoms with Crippen molar-refractivity contribution in [2.45, 2.75) is 13.2 Å². The maximum absolute atomic E-state index is 12.4. The van der Waals surface area contributed by atoms with Gasteiger partial charge in [0, 0.05) is 5.56 Å². The van der Waals surface area contributed by atoms with Gasteiger partial charge in [0.2, 0.25) is 0 Å². The van der Waals surface area contributed by atoms with E-state index in [9.17, 15) is 4.39 Å². The number of aliphatic hydroxyl groups excluding tert-OH is 2. The molecule has 11 heavy (non-hydrogen) atoms. The van der Waals surface area contributed by atoms with Crippen molar-refractivity contribution in [3.63, 3.8) is 0 Å². The smallest absolute Gasteiger partial charge is 0.141 e. The Labute approximate surface area is 63.1 Å². The summed E-state index contributed by atoms with van der Waals surface area (Å²) in [7, 11) is 0. The van der Waals surface area contributed by atoms with E-state index in [4.69, 9.17) is 10.2 Å². The van der Waals surface area contributed by atoms with Crippen LogP contribution >= 0.6 is 0 Å². The summed E-state index contributed by atoms with van der Waals surface area (Å²) in [6, 6.07) is 1.15. The van der Waals surface area contributed by atoms with Gasteiger partial charge in [-0.3, -0.25) is 4.98 Å². The third-order valence-corrected chi connectivity index (χ3v) is 1.35. The van der Waals surface area contributed by atoms with Crippen LogP contribution < -0.4 is 0 Å². The first-order valence-electron chi connectivity index (χ1n) is 3.13. The van der Waals surface area contributed by atoms with Gasteiger partial charge in [0.25, 0.3) is 0 Å². The van der Waals surface area contributed by atoms with E-state index in [-0.39, 0.29) is 13.2 Å². The van der Waals surface area contributed by atoms with Gasteiger partial charge in [-0.1, -0.05) is 0 Å². The van der Waals surface area contributed by atoms with Gasteiger partial charge in [-0.25, -0.2) is 4.39 Å². The minimum Gasteiger partial charge on any atom is -0.392 e. The molecule has 1 aromatic heterocycles. The molecule has 0 aliphatic heterocycles. The van der Waals surface area contributed by atoms with Gasteiger partial charge in [0.15, 0.2) is 0 Å². The largest absolute Gasteiger partial charge is 0.392 e. The summed E-state index contributed by atoms with van der Waals surface area (Å²) in [4.78, 5) is 3.58. The SMILES string of the molecule is OCc1cc(F)cnc1CO. The zero-order valence-electron chi connectivity index (χ0n) is 5.79. The van der Waals surface area contributed by atoms with E-state index < -0.39 is 5.82 Å². The summed E-state index contributed by atoms with van der Waals surface area (Å²) in [5, 5.41) is 17.3. The average Bonchev–Trinajstić information content (AvgIpc) is 2.04. The third-order valence-electron chi connectivity index (χ3n) is 1.35. The average molecular weight is 157 g/mol. The van der Waals surface area contributed by atoms with Gasteiger partial charge >= 0.3 is 0 Å². The standard InChI is InChI=1S/C7H8FNO2/c8-6-1-5(3-10)7(4-11)9-2-6/h1-2,10-11H,3-4H2. The fourth-order valence-electron chi connectivity index (χ4n) is 0.789. The molecule has 3 nitrogen and oxygen atoms in total. The van der Waals surface area contributed by atoms with Crippen molar-refractivity contribution in [3.8, 4) is 0 Å². The number of rotatable bonds is 2. The molecular formula is C7H8FNO2. The lowest BCUT2D eigenvalue weighted by Crippen LogP contribution is -1.98. The number of hydrogen-bond acceptors (Lipinski definition) is 3. The topological polar surface area (TPSA) is 53.4 Å². The number of aliphatic hydroxyl groups is 2. The second-order valence-electron chi connectivity index (χ2n) is 2.08. The molecule has 60 valence electrons. The summed E-state index contributed by atoms with van der Waals surface area (Å²) in [5.41, 5.74) is 0.640. The van der Waals surface area contributed by atoms with E-state index in [2.05, 4.69) is 4.98 Å². The van der Waals surface area contributed by atoms with Crippen molar-refractivity contribution in [2.24, 2.45) is 0 Å². The third kappa shape index (κ3) is 1.72. The molecule has 0 saturated heterocycles. The number of pyridine rings is 1. The zero-order chi connectivity index (χ0) is 8.27. The van der Waals surface area contributed by atoms with Crippen LogP contribution in [0.15, 0.2) is 12.3 Å². The monoisotopic (exact) mass is 157 g/mol. The van der Waals surface area contributed by atoms with E-state index in [1.54, 1.807) is 0 Å². The van der Waals surface area contributed by atoms with E-state index >= 15 is 0 Å². The van der Waals surface area contributed by atoms with Crippen molar-refractivity contribution >= 4 is 0 Å². The minimum atomic E-state index is -0.508. The normalized spacial score (nSPS) is 10.1. The van der Waals surface area contributed by atoms with Crippen molar-refractivity contribution in [2.75, 3.05) is 0 Å². The first kappa shape index (κ1) is 8.10. The molecule has 0 aliphatic rings. The molecule has 0 saturated carbocycles. The van der Waals surface area contributed by atoms with Crippen LogP contribution in [0.25, 0.3) is 0 Å². The molecule has 0 unspecified atom stereocenters. The highest BCUT2D eigenvalue weighted by Gasteiger charge is 2.02. The van der Waals surface area contributed by atoms with Gasteiger partial charge in [-0.2, -0.15) is 0 Å². The summed E-state index contributed by atoms with van der Waals surface area (Å²) >= 11 is 0. The van der Waals surface area contributed by atoms with Gasteiger partial charge < -0.3 is 10.2 Å². The molecule has 1 aromatic rings. The molecule has 4 heteroatoms. The molecule has 1 rings (SSSR count). The molecule has 0 amide bonds. The van der Waals surface area contributed by atoms with Crippen LogP contribution in [0, 0.1) is 5.82 Å². The van der Waals surface area contributed by atoms with E-state index in [0.29, 0.717) is 11.3 Å². The van der Waals surface area contributed by atoms with Crippen LogP contribution in [0.4, 0.5) is 4.39 Å². The van der Waals surface area contributed by atoms with E-state index in [1.807, 2.05) is 0 Å². The Kier molecular flexibility index (Phi) is 2.51. The van der Waals surface area contributed by atoms with Crippen molar-refractivity contribution in [1.82, 2.24) is 4.98 Å². The van der Waals surface area contributed by atoms with Crippen molar-refractivity contribution < 1.29 is 14.6 Å². The van der Waals surface area contributed by atoms with Gasteiger partial charge in [0.05, 0.1) is 25.1 Å². The second kappa shape index (κ2) is 3.41. The Morgan fingerprint density at radius 3 is 2.64 bits per heavy atom. The Balaban J connectivity index is 3.06. The van der Waals surface area contributed by atoms with Crippen LogP contribution in [0.2, 0.25) is 0 Å². The Hall–Kier alpha value is -1.00. The maximum Gasteiger partial charge on any atom is 0.141 e. The molecule has 0 bridgehead atoms. The second-order valence-corrected chi connectivity index (χ2v) is 2.08. The predicted octanol–water partition coefficient (Wildman–Crippen LogP) is 0.205. The van der Waals surface area contributed by atoms with Crippen molar-refractivity contribution in [3.05, 3.63) is 29.3 Å². The first-order valence-corrected chi connectivity index (χ1v) is 3.13. The Morgan fingerprint density at radius 1 is 1.36 bits per heavy atom. The Bertz CT molecular complexity index is 252. The van der Waals surface area contributed by atoms with Crippen LogP contribution in [-0.2, 0) is 13.2 Å². The first-order chi connectivity index (χ1) is 5.27. The molecule has 0 aliphatic carbocycles. The maximum atomic E-state index is 12.4. The molecular weight excluding hydrogens is 149 g/mol. The quantitative estimate of drug-likeness (QED) is 0.645. The van der Waals surface area contributed by atoms with Crippen LogP contribution in [0.3, 0.4) is 0 Å². The highest BCUT2D eigenvalue weighted by atomic mass is 19.1. The molecule has 0 fully saturated rings. The molecule has 0 aromatic carbocycles. The lowest BCUT2D eigenvalue weighted by Gasteiger charge is -2.01. The minimum absolute atomic E-state index is 0.282. The summed E-state index contributed by atoms with van der Waals surface area (Å²) < 4.78 is 12.4. The molecule has 0 radical (unpaired) electrons. The summed E-state index contributed by atoms with van der Waals surface area (Å²) in [6.07, 6.45) is 1.00. The predicted molar refractivity (Wildman–Crippen MR) is 36.0 cm³/mol. The number of halogens is 1. The molecule has 2 N–H and O–H groups in total. The van der Waals surface area contributed by atoms with Gasteiger partial charge in [0.1, 0.15) is 5.82 Å². The van der Waals surface area contributed by atoms with Gasteiger partial charge in [-0.05, 0) is 6.07 Å². The number of aromatic nitrogens is 1.